The lowest BCUT2D eigenvalue weighted by Gasteiger charge is -2.28. The summed E-state index contributed by atoms with van der Waals surface area (Å²) >= 11 is 0. The van der Waals surface area contributed by atoms with Gasteiger partial charge in [-0.2, -0.15) is 0 Å². The van der Waals surface area contributed by atoms with Crippen LogP contribution in [0.4, 0.5) is 4.39 Å². The fourth-order valence-corrected chi connectivity index (χ4v) is 3.40. The van der Waals surface area contributed by atoms with E-state index in [1.54, 1.807) is 12.1 Å². The molecular formula is C18H26FN3O2. The second kappa shape index (κ2) is 7.17. The van der Waals surface area contributed by atoms with Crippen LogP contribution in [0.1, 0.15) is 44.8 Å². The van der Waals surface area contributed by atoms with E-state index in [1.807, 2.05) is 4.90 Å². The number of aliphatic hydroxyl groups excluding tert-OH is 1. The van der Waals surface area contributed by atoms with Gasteiger partial charge in [0.05, 0.1) is 12.6 Å². The summed E-state index contributed by atoms with van der Waals surface area (Å²) < 4.78 is 13.0. The Labute approximate surface area is 142 Å². The van der Waals surface area contributed by atoms with E-state index in [4.69, 9.17) is 0 Å². The monoisotopic (exact) mass is 335 g/mol. The van der Waals surface area contributed by atoms with Crippen molar-refractivity contribution in [1.82, 2.24) is 15.8 Å². The number of nitrogens with zero attached hydrogens (tertiary/aromatic N) is 1. The van der Waals surface area contributed by atoms with Gasteiger partial charge in [0, 0.05) is 30.5 Å². The summed E-state index contributed by atoms with van der Waals surface area (Å²) in [6.07, 6.45) is 1.67. The maximum absolute atomic E-state index is 13.0. The molecule has 1 saturated heterocycles. The predicted octanol–water partition coefficient (Wildman–Crippen LogP) is 1.74. The lowest BCUT2D eigenvalue weighted by molar-refractivity contribution is -0.134. The van der Waals surface area contributed by atoms with Crippen LogP contribution in [-0.4, -0.2) is 40.6 Å². The van der Waals surface area contributed by atoms with E-state index in [2.05, 4.69) is 24.7 Å². The molecule has 1 saturated carbocycles. The third-order valence-corrected chi connectivity index (χ3v) is 5.17. The van der Waals surface area contributed by atoms with E-state index in [1.165, 1.54) is 12.1 Å². The molecule has 0 radical (unpaired) electrons. The van der Waals surface area contributed by atoms with E-state index in [-0.39, 0.29) is 42.3 Å². The normalized spacial score (nSPS) is 27.9. The van der Waals surface area contributed by atoms with Crippen molar-refractivity contribution in [2.45, 2.75) is 57.3 Å². The molecule has 3 atom stereocenters. The van der Waals surface area contributed by atoms with Crippen molar-refractivity contribution in [1.29, 1.82) is 0 Å². The second-order valence-electron chi connectivity index (χ2n) is 7.08. The quantitative estimate of drug-likeness (QED) is 0.741. The molecule has 5 nitrogen and oxygen atoms in total. The van der Waals surface area contributed by atoms with Gasteiger partial charge in [-0.05, 0) is 44.4 Å². The molecule has 0 spiro atoms. The summed E-state index contributed by atoms with van der Waals surface area (Å²) in [4.78, 5) is 14.6. The van der Waals surface area contributed by atoms with E-state index in [9.17, 15) is 14.3 Å². The molecule has 132 valence electrons. The zero-order chi connectivity index (χ0) is 17.3. The third kappa shape index (κ3) is 3.94. The first-order chi connectivity index (χ1) is 11.5. The van der Waals surface area contributed by atoms with E-state index in [0.29, 0.717) is 12.0 Å². The maximum Gasteiger partial charge on any atom is 0.223 e. The van der Waals surface area contributed by atoms with E-state index in [0.717, 1.165) is 12.8 Å². The molecule has 1 aromatic carbocycles. The molecular weight excluding hydrogens is 309 g/mol. The highest BCUT2D eigenvalue weighted by Gasteiger charge is 2.38. The molecule has 0 bridgehead atoms. The zero-order valence-electron chi connectivity index (χ0n) is 14.2. The molecule has 1 aliphatic heterocycles. The zero-order valence-corrected chi connectivity index (χ0v) is 14.2. The number of hydrazine groups is 1. The Morgan fingerprint density at radius 2 is 1.83 bits per heavy atom. The van der Waals surface area contributed by atoms with E-state index < -0.39 is 6.10 Å². The fraction of sp³-hybridized carbons (Fsp3) is 0.611. The summed E-state index contributed by atoms with van der Waals surface area (Å²) in [5.41, 5.74) is 6.99. The summed E-state index contributed by atoms with van der Waals surface area (Å²) in [5, 5.41) is 10.4. The maximum atomic E-state index is 13.0. The van der Waals surface area contributed by atoms with Crippen molar-refractivity contribution in [3.8, 4) is 0 Å². The van der Waals surface area contributed by atoms with Crippen LogP contribution in [0.5, 0.6) is 0 Å². The van der Waals surface area contributed by atoms with Crippen molar-refractivity contribution in [3.05, 3.63) is 35.6 Å². The molecule has 6 heteroatoms. The van der Waals surface area contributed by atoms with Gasteiger partial charge in [-0.3, -0.25) is 15.6 Å². The van der Waals surface area contributed by atoms with Gasteiger partial charge in [-0.25, -0.2) is 4.39 Å². The predicted molar refractivity (Wildman–Crippen MR) is 89.4 cm³/mol. The Balaban J connectivity index is 1.64. The average molecular weight is 335 g/mol. The topological polar surface area (TPSA) is 64.6 Å². The fourth-order valence-electron chi connectivity index (χ4n) is 3.40. The number of benzene rings is 1. The van der Waals surface area contributed by atoms with Crippen LogP contribution in [-0.2, 0) is 4.79 Å². The number of hydrogen-bond acceptors (Lipinski definition) is 4. The molecule has 3 rings (SSSR count). The minimum Gasteiger partial charge on any atom is -0.387 e. The highest BCUT2D eigenvalue weighted by Crippen LogP contribution is 2.31. The minimum absolute atomic E-state index is 0.0906. The Morgan fingerprint density at radius 1 is 1.25 bits per heavy atom. The molecule has 24 heavy (non-hydrogen) atoms. The Kier molecular flexibility index (Phi) is 5.18. The molecule has 3 N–H and O–H groups in total. The van der Waals surface area contributed by atoms with Crippen LogP contribution >= 0.6 is 0 Å². The summed E-state index contributed by atoms with van der Waals surface area (Å²) in [6.45, 7) is 4.41. The first-order valence-corrected chi connectivity index (χ1v) is 8.69. The largest absolute Gasteiger partial charge is 0.387 e. The van der Waals surface area contributed by atoms with Crippen molar-refractivity contribution in [2.24, 2.45) is 5.92 Å². The molecule has 1 heterocycles. The molecule has 2 fully saturated rings. The van der Waals surface area contributed by atoms with Crippen molar-refractivity contribution in [3.63, 3.8) is 0 Å². The molecule has 1 aliphatic carbocycles. The Hall–Kier alpha value is -1.50. The number of hydrogen-bond donors (Lipinski definition) is 3. The highest BCUT2D eigenvalue weighted by molar-refractivity contribution is 5.77. The number of halogens is 1. The molecule has 3 unspecified atom stereocenters. The molecule has 2 aliphatic rings. The van der Waals surface area contributed by atoms with Gasteiger partial charge in [0.25, 0.3) is 0 Å². The number of rotatable bonds is 6. The van der Waals surface area contributed by atoms with Crippen LogP contribution in [0.2, 0.25) is 0 Å². The summed E-state index contributed by atoms with van der Waals surface area (Å²) in [7, 11) is 0. The number of carbonyl (C=O) groups is 1. The van der Waals surface area contributed by atoms with Gasteiger partial charge in [0.15, 0.2) is 0 Å². The third-order valence-electron chi connectivity index (χ3n) is 5.17. The van der Waals surface area contributed by atoms with Crippen molar-refractivity contribution >= 4 is 5.91 Å². The SMILES string of the molecule is CC1NNC(C)C1CC(=O)N(CC(O)c1ccc(F)cc1)C1CC1. The van der Waals surface area contributed by atoms with Gasteiger partial charge >= 0.3 is 0 Å². The second-order valence-corrected chi connectivity index (χ2v) is 7.08. The Morgan fingerprint density at radius 3 is 2.38 bits per heavy atom. The van der Waals surface area contributed by atoms with Gasteiger partial charge < -0.3 is 10.0 Å². The number of aliphatic hydroxyl groups is 1. The van der Waals surface area contributed by atoms with Crippen LogP contribution in [0.15, 0.2) is 24.3 Å². The van der Waals surface area contributed by atoms with E-state index >= 15 is 0 Å². The number of amides is 1. The molecule has 1 aromatic rings. The lowest BCUT2D eigenvalue weighted by atomic mass is 9.92. The highest BCUT2D eigenvalue weighted by atomic mass is 19.1. The van der Waals surface area contributed by atoms with Gasteiger partial charge in [0.1, 0.15) is 5.82 Å². The van der Waals surface area contributed by atoms with Crippen LogP contribution in [0.25, 0.3) is 0 Å². The van der Waals surface area contributed by atoms with Crippen molar-refractivity contribution < 1.29 is 14.3 Å². The van der Waals surface area contributed by atoms with Gasteiger partial charge in [-0.15, -0.1) is 0 Å². The minimum atomic E-state index is -0.787. The number of carbonyl (C=O) groups excluding carboxylic acids is 1. The Bertz CT molecular complexity index is 566. The van der Waals surface area contributed by atoms with Gasteiger partial charge in [0.2, 0.25) is 5.91 Å². The number of nitrogens with one attached hydrogen (secondary N) is 2. The van der Waals surface area contributed by atoms with Gasteiger partial charge in [-0.1, -0.05) is 12.1 Å². The first kappa shape index (κ1) is 17.3. The smallest absolute Gasteiger partial charge is 0.223 e. The first-order valence-electron chi connectivity index (χ1n) is 8.69. The standard InChI is InChI=1S/C18H26FN3O2/c1-11-16(12(2)21-20-11)9-18(24)22(15-7-8-15)10-17(23)13-3-5-14(19)6-4-13/h3-6,11-12,15-17,20-21,23H,7-10H2,1-2H3. The lowest BCUT2D eigenvalue weighted by Crippen LogP contribution is -2.39. The van der Waals surface area contributed by atoms with Crippen LogP contribution in [0.3, 0.4) is 0 Å². The average Bonchev–Trinajstić information content (AvgIpc) is 3.35. The molecule has 1 amide bonds. The van der Waals surface area contributed by atoms with Crippen LogP contribution < -0.4 is 10.9 Å². The van der Waals surface area contributed by atoms with Crippen molar-refractivity contribution in [2.75, 3.05) is 6.54 Å². The van der Waals surface area contributed by atoms with Crippen LogP contribution in [0, 0.1) is 11.7 Å². The molecule has 0 aromatic heterocycles. The summed E-state index contributed by atoms with van der Waals surface area (Å²) in [5.74, 6) is -0.000130. The summed E-state index contributed by atoms with van der Waals surface area (Å²) in [6, 6.07) is 6.54.